The van der Waals surface area contributed by atoms with Crippen molar-refractivity contribution in [1.82, 2.24) is 4.90 Å². The van der Waals surface area contributed by atoms with Crippen LogP contribution in [0, 0.1) is 23.7 Å². The lowest BCUT2D eigenvalue weighted by Gasteiger charge is -2.17. The number of nitrogens with zero attached hydrogens (tertiary/aromatic N) is 2. The number of anilines is 1. The first-order valence-electron chi connectivity index (χ1n) is 8.01. The third kappa shape index (κ3) is 1.42. The van der Waals surface area contributed by atoms with Gasteiger partial charge in [-0.05, 0) is 36.5 Å². The molecule has 4 aliphatic rings. The largest absolute Gasteiger partial charge is 0.277 e. The van der Waals surface area contributed by atoms with Gasteiger partial charge in [-0.3, -0.25) is 24.1 Å². The summed E-state index contributed by atoms with van der Waals surface area (Å²) in [7, 11) is 1.42. The zero-order chi connectivity index (χ0) is 16.7. The Morgan fingerprint density at radius 3 is 2.08 bits per heavy atom. The molecular formula is C18H14N2O4. The van der Waals surface area contributed by atoms with E-state index in [4.69, 9.17) is 0 Å². The first-order valence-corrected chi connectivity index (χ1v) is 8.01. The van der Waals surface area contributed by atoms with Gasteiger partial charge in [-0.15, -0.1) is 0 Å². The maximum Gasteiger partial charge on any atom is 0.261 e. The first kappa shape index (κ1) is 13.7. The van der Waals surface area contributed by atoms with Gasteiger partial charge >= 0.3 is 0 Å². The van der Waals surface area contributed by atoms with Crippen molar-refractivity contribution in [2.75, 3.05) is 11.9 Å². The SMILES string of the molecule is CN1C(=O)c2ccc(N3C(=O)[C@@H]4[C@H](C3=O)[C@@H]3C=C[C@H]4C3)cc2C1=O. The Morgan fingerprint density at radius 1 is 0.875 bits per heavy atom. The van der Waals surface area contributed by atoms with E-state index in [1.807, 2.05) is 12.2 Å². The number of hydrogen-bond acceptors (Lipinski definition) is 4. The molecule has 4 amide bonds. The standard InChI is InChI=1S/C18H14N2O4/c1-19-15(21)11-5-4-10(7-12(11)16(19)22)20-17(23)13-8-2-3-9(6-8)14(13)18(20)24/h2-5,7-9,13-14H,6H2,1H3/t8-,9+,13-,14+. The van der Waals surface area contributed by atoms with E-state index in [-0.39, 0.29) is 47.0 Å². The molecular weight excluding hydrogens is 308 g/mol. The fraction of sp³-hybridized carbons (Fsp3) is 0.333. The van der Waals surface area contributed by atoms with E-state index in [2.05, 4.69) is 0 Å². The molecule has 24 heavy (non-hydrogen) atoms. The van der Waals surface area contributed by atoms with E-state index < -0.39 is 5.91 Å². The molecule has 6 heteroatoms. The van der Waals surface area contributed by atoms with Crippen molar-refractivity contribution in [3.63, 3.8) is 0 Å². The van der Waals surface area contributed by atoms with Crippen LogP contribution in [-0.2, 0) is 9.59 Å². The summed E-state index contributed by atoms with van der Waals surface area (Å²) < 4.78 is 0. The Kier molecular flexibility index (Phi) is 2.39. The summed E-state index contributed by atoms with van der Waals surface area (Å²) in [4.78, 5) is 52.0. The Bertz CT molecular complexity index is 857. The smallest absolute Gasteiger partial charge is 0.261 e. The van der Waals surface area contributed by atoms with Gasteiger partial charge in [0.2, 0.25) is 11.8 Å². The molecule has 0 spiro atoms. The van der Waals surface area contributed by atoms with Gasteiger partial charge in [0.1, 0.15) is 0 Å². The lowest BCUT2D eigenvalue weighted by molar-refractivity contribution is -0.123. The Balaban J connectivity index is 1.57. The number of amides is 4. The molecule has 0 aromatic heterocycles. The maximum atomic E-state index is 12.8. The fourth-order valence-corrected chi connectivity index (χ4v) is 4.65. The highest BCUT2D eigenvalue weighted by atomic mass is 16.2. The lowest BCUT2D eigenvalue weighted by atomic mass is 9.85. The summed E-state index contributed by atoms with van der Waals surface area (Å²) in [6.07, 6.45) is 4.96. The highest BCUT2D eigenvalue weighted by molar-refractivity contribution is 6.25. The number of carbonyl (C=O) groups is 4. The van der Waals surface area contributed by atoms with Crippen LogP contribution >= 0.6 is 0 Å². The Morgan fingerprint density at radius 2 is 1.46 bits per heavy atom. The van der Waals surface area contributed by atoms with Gasteiger partial charge in [-0.2, -0.15) is 0 Å². The van der Waals surface area contributed by atoms with Crippen LogP contribution in [0.3, 0.4) is 0 Å². The Hall–Kier alpha value is -2.76. The zero-order valence-corrected chi connectivity index (χ0v) is 12.9. The van der Waals surface area contributed by atoms with E-state index >= 15 is 0 Å². The minimum Gasteiger partial charge on any atom is -0.277 e. The van der Waals surface area contributed by atoms with E-state index in [0.717, 1.165) is 11.3 Å². The monoisotopic (exact) mass is 322 g/mol. The molecule has 2 bridgehead atoms. The summed E-state index contributed by atoms with van der Waals surface area (Å²) in [6.45, 7) is 0. The number of carbonyl (C=O) groups excluding carboxylic acids is 4. The maximum absolute atomic E-state index is 12.8. The summed E-state index contributed by atoms with van der Waals surface area (Å²) in [5, 5.41) is 0. The van der Waals surface area contributed by atoms with Crippen molar-refractivity contribution < 1.29 is 19.2 Å². The molecule has 0 N–H and O–H groups in total. The molecule has 1 aromatic carbocycles. The predicted molar refractivity (Wildman–Crippen MR) is 83.1 cm³/mol. The van der Waals surface area contributed by atoms with Crippen LogP contribution < -0.4 is 4.90 Å². The molecule has 1 saturated carbocycles. The van der Waals surface area contributed by atoms with Crippen molar-refractivity contribution in [2.24, 2.45) is 23.7 Å². The van der Waals surface area contributed by atoms with Crippen LogP contribution in [0.4, 0.5) is 5.69 Å². The number of fused-ring (bicyclic) bond motifs is 6. The molecule has 120 valence electrons. The highest BCUT2D eigenvalue weighted by Crippen LogP contribution is 2.53. The van der Waals surface area contributed by atoms with Gasteiger partial charge in [0, 0.05) is 7.05 Å². The molecule has 5 rings (SSSR count). The van der Waals surface area contributed by atoms with Gasteiger partial charge < -0.3 is 0 Å². The van der Waals surface area contributed by atoms with Gasteiger partial charge in [0.25, 0.3) is 11.8 Å². The second-order valence-corrected chi connectivity index (χ2v) is 6.91. The average molecular weight is 322 g/mol. The molecule has 0 unspecified atom stereocenters. The van der Waals surface area contributed by atoms with Crippen LogP contribution in [0.5, 0.6) is 0 Å². The minimum atomic E-state index is -0.405. The molecule has 2 aliphatic heterocycles. The van der Waals surface area contributed by atoms with Crippen LogP contribution in [0.2, 0.25) is 0 Å². The van der Waals surface area contributed by atoms with Crippen molar-refractivity contribution in [3.05, 3.63) is 41.5 Å². The fourth-order valence-electron chi connectivity index (χ4n) is 4.65. The van der Waals surface area contributed by atoms with E-state index in [9.17, 15) is 19.2 Å². The molecule has 2 fully saturated rings. The molecule has 0 radical (unpaired) electrons. The zero-order valence-electron chi connectivity index (χ0n) is 12.9. The third-order valence-corrected chi connectivity index (χ3v) is 5.80. The second-order valence-electron chi connectivity index (χ2n) is 6.91. The summed E-state index contributed by atoms with van der Waals surface area (Å²) in [5.74, 6) is -1.41. The Labute approximate surface area is 137 Å². The number of imide groups is 2. The third-order valence-electron chi connectivity index (χ3n) is 5.80. The van der Waals surface area contributed by atoms with Crippen molar-refractivity contribution in [1.29, 1.82) is 0 Å². The molecule has 2 heterocycles. The van der Waals surface area contributed by atoms with Crippen LogP contribution in [0.15, 0.2) is 30.4 Å². The van der Waals surface area contributed by atoms with Crippen molar-refractivity contribution in [2.45, 2.75) is 6.42 Å². The molecule has 4 atom stereocenters. The van der Waals surface area contributed by atoms with E-state index in [1.54, 1.807) is 6.07 Å². The predicted octanol–water partition coefficient (Wildman–Crippen LogP) is 1.22. The van der Waals surface area contributed by atoms with Crippen molar-refractivity contribution in [3.8, 4) is 0 Å². The first-order chi connectivity index (χ1) is 11.5. The van der Waals surface area contributed by atoms with Crippen LogP contribution in [0.1, 0.15) is 27.1 Å². The normalized spacial score (nSPS) is 33.0. The topological polar surface area (TPSA) is 74.8 Å². The van der Waals surface area contributed by atoms with Gasteiger partial charge in [0.05, 0.1) is 28.7 Å². The number of hydrogen-bond donors (Lipinski definition) is 0. The second kappa shape index (κ2) is 4.20. The minimum absolute atomic E-state index is 0.144. The lowest BCUT2D eigenvalue weighted by Crippen LogP contribution is -2.33. The van der Waals surface area contributed by atoms with Crippen LogP contribution in [-0.4, -0.2) is 35.6 Å². The van der Waals surface area contributed by atoms with E-state index in [1.165, 1.54) is 24.1 Å². The number of rotatable bonds is 1. The summed E-state index contributed by atoms with van der Waals surface area (Å²) >= 11 is 0. The summed E-state index contributed by atoms with van der Waals surface area (Å²) in [6, 6.07) is 4.59. The van der Waals surface area contributed by atoms with Gasteiger partial charge in [-0.25, -0.2) is 4.90 Å². The molecule has 2 aliphatic carbocycles. The number of benzene rings is 1. The average Bonchev–Trinajstić information content (AvgIpc) is 3.30. The molecule has 1 saturated heterocycles. The molecule has 1 aromatic rings. The highest BCUT2D eigenvalue weighted by Gasteiger charge is 2.59. The van der Waals surface area contributed by atoms with Crippen molar-refractivity contribution >= 4 is 29.3 Å². The van der Waals surface area contributed by atoms with Gasteiger partial charge in [0.15, 0.2) is 0 Å². The quantitative estimate of drug-likeness (QED) is 0.575. The number of allylic oxidation sites excluding steroid dienone is 2. The van der Waals surface area contributed by atoms with E-state index in [0.29, 0.717) is 11.3 Å². The molecule has 6 nitrogen and oxygen atoms in total. The van der Waals surface area contributed by atoms with Gasteiger partial charge in [-0.1, -0.05) is 12.2 Å². The van der Waals surface area contributed by atoms with Crippen LogP contribution in [0.25, 0.3) is 0 Å². The summed E-state index contributed by atoms with van der Waals surface area (Å²) in [5.41, 5.74) is 0.944.